The second-order valence-electron chi connectivity index (χ2n) is 5.86. The van der Waals surface area contributed by atoms with E-state index in [0.29, 0.717) is 27.5 Å². The minimum absolute atomic E-state index is 0.234. The third-order valence-electron chi connectivity index (χ3n) is 3.94. The number of imide groups is 1. The molecule has 2 aromatic rings. The fourth-order valence-corrected chi connectivity index (χ4v) is 4.57. The number of rotatable bonds is 6. The van der Waals surface area contributed by atoms with Gasteiger partial charge in [0.2, 0.25) is 0 Å². The SMILES string of the molecule is CCOc1c(Br)cc(/C=C2/SC(=O)N(Cc3cccc(Br)c3)C2=O)cc1OC. The van der Waals surface area contributed by atoms with Gasteiger partial charge in [0, 0.05) is 4.47 Å². The first kappa shape index (κ1) is 21.0. The number of carbonyl (C=O) groups is 2. The van der Waals surface area contributed by atoms with Crippen LogP contribution in [-0.2, 0) is 11.3 Å². The number of nitrogens with zero attached hydrogens (tertiary/aromatic N) is 1. The van der Waals surface area contributed by atoms with Gasteiger partial charge in [-0.2, -0.15) is 0 Å². The highest BCUT2D eigenvalue weighted by molar-refractivity contribution is 9.10. The zero-order valence-corrected chi connectivity index (χ0v) is 19.2. The molecule has 0 atom stereocenters. The lowest BCUT2D eigenvalue weighted by molar-refractivity contribution is -0.123. The van der Waals surface area contributed by atoms with Gasteiger partial charge < -0.3 is 9.47 Å². The highest BCUT2D eigenvalue weighted by Gasteiger charge is 2.35. The number of benzene rings is 2. The normalized spacial score (nSPS) is 15.4. The molecule has 0 radical (unpaired) electrons. The molecule has 8 heteroatoms. The summed E-state index contributed by atoms with van der Waals surface area (Å²) in [6.45, 7) is 2.63. The van der Waals surface area contributed by atoms with Crippen LogP contribution in [0.1, 0.15) is 18.1 Å². The molecule has 28 heavy (non-hydrogen) atoms. The Hall–Kier alpha value is -1.77. The van der Waals surface area contributed by atoms with Crippen molar-refractivity contribution in [2.24, 2.45) is 0 Å². The molecule has 0 N–H and O–H groups in total. The maximum atomic E-state index is 12.8. The van der Waals surface area contributed by atoms with Crippen molar-refractivity contribution in [3.63, 3.8) is 0 Å². The van der Waals surface area contributed by atoms with E-state index in [1.165, 1.54) is 4.90 Å². The van der Waals surface area contributed by atoms with Crippen molar-refractivity contribution in [1.29, 1.82) is 0 Å². The van der Waals surface area contributed by atoms with E-state index < -0.39 is 0 Å². The molecule has 0 spiro atoms. The summed E-state index contributed by atoms with van der Waals surface area (Å²) in [5, 5.41) is -0.284. The molecule has 2 aromatic carbocycles. The van der Waals surface area contributed by atoms with Gasteiger partial charge in [0.1, 0.15) is 0 Å². The van der Waals surface area contributed by atoms with E-state index in [4.69, 9.17) is 9.47 Å². The lowest BCUT2D eigenvalue weighted by Crippen LogP contribution is -2.27. The number of amides is 2. The molecule has 1 heterocycles. The van der Waals surface area contributed by atoms with Crippen LogP contribution in [0.15, 0.2) is 50.2 Å². The molecule has 1 fully saturated rings. The van der Waals surface area contributed by atoms with Crippen LogP contribution in [0.5, 0.6) is 11.5 Å². The predicted molar refractivity (Wildman–Crippen MR) is 118 cm³/mol. The summed E-state index contributed by atoms with van der Waals surface area (Å²) in [5.74, 6) is 0.847. The Kier molecular flexibility index (Phi) is 6.85. The molecule has 0 saturated carbocycles. The van der Waals surface area contributed by atoms with Gasteiger partial charge in [-0.3, -0.25) is 14.5 Å². The topological polar surface area (TPSA) is 55.8 Å². The third kappa shape index (κ3) is 4.61. The second-order valence-corrected chi connectivity index (χ2v) is 8.63. The maximum Gasteiger partial charge on any atom is 0.293 e. The van der Waals surface area contributed by atoms with Crippen LogP contribution in [-0.4, -0.2) is 29.8 Å². The average Bonchev–Trinajstić information content (AvgIpc) is 2.91. The molecule has 1 saturated heterocycles. The fraction of sp³-hybridized carbons (Fsp3) is 0.200. The van der Waals surface area contributed by atoms with Gasteiger partial charge in [0.05, 0.1) is 29.6 Å². The number of hydrogen-bond acceptors (Lipinski definition) is 5. The largest absolute Gasteiger partial charge is 0.493 e. The summed E-state index contributed by atoms with van der Waals surface area (Å²) in [7, 11) is 1.56. The van der Waals surface area contributed by atoms with Crippen molar-refractivity contribution < 1.29 is 19.1 Å². The van der Waals surface area contributed by atoms with Crippen LogP contribution in [0.2, 0.25) is 0 Å². The van der Waals surface area contributed by atoms with E-state index >= 15 is 0 Å². The standard InChI is InChI=1S/C20H17Br2NO4S/c1-3-27-18-15(22)8-13(9-16(18)26-2)10-17-19(24)23(20(25)28-17)11-12-5-4-6-14(21)7-12/h4-10H,3,11H2,1-2H3/b17-10+. The summed E-state index contributed by atoms with van der Waals surface area (Å²) >= 11 is 7.81. The van der Waals surface area contributed by atoms with Crippen molar-refractivity contribution in [2.45, 2.75) is 13.5 Å². The van der Waals surface area contributed by atoms with Crippen LogP contribution in [0.25, 0.3) is 6.08 Å². The molecule has 146 valence electrons. The van der Waals surface area contributed by atoms with Gasteiger partial charge >= 0.3 is 0 Å². The highest BCUT2D eigenvalue weighted by Crippen LogP contribution is 2.39. The van der Waals surface area contributed by atoms with Gasteiger partial charge in [0.15, 0.2) is 11.5 Å². The van der Waals surface area contributed by atoms with E-state index in [2.05, 4.69) is 31.9 Å². The van der Waals surface area contributed by atoms with Gasteiger partial charge in [-0.05, 0) is 76.1 Å². The highest BCUT2D eigenvalue weighted by atomic mass is 79.9. The van der Waals surface area contributed by atoms with Crippen LogP contribution in [0, 0.1) is 0 Å². The predicted octanol–water partition coefficient (Wildman–Crippen LogP) is 5.86. The molecular formula is C20H17Br2NO4S. The molecule has 1 aliphatic rings. The van der Waals surface area contributed by atoms with Crippen molar-refractivity contribution in [3.05, 3.63) is 61.4 Å². The Morgan fingerprint density at radius 1 is 1.18 bits per heavy atom. The summed E-state index contributed by atoms with van der Waals surface area (Å²) in [5.41, 5.74) is 1.61. The van der Waals surface area contributed by atoms with Gasteiger partial charge in [-0.1, -0.05) is 28.1 Å². The van der Waals surface area contributed by atoms with Gasteiger partial charge in [-0.15, -0.1) is 0 Å². The molecule has 1 aliphatic heterocycles. The second kappa shape index (κ2) is 9.15. The first-order chi connectivity index (χ1) is 13.4. The fourth-order valence-electron chi connectivity index (χ4n) is 2.71. The maximum absolute atomic E-state index is 12.8. The van der Waals surface area contributed by atoms with Crippen molar-refractivity contribution in [3.8, 4) is 11.5 Å². The smallest absolute Gasteiger partial charge is 0.293 e. The monoisotopic (exact) mass is 525 g/mol. The van der Waals surface area contributed by atoms with E-state index in [9.17, 15) is 9.59 Å². The lowest BCUT2D eigenvalue weighted by Gasteiger charge is -2.13. The molecule has 5 nitrogen and oxygen atoms in total. The first-order valence-electron chi connectivity index (χ1n) is 8.43. The zero-order chi connectivity index (χ0) is 20.3. The Morgan fingerprint density at radius 3 is 2.64 bits per heavy atom. The molecule has 0 aliphatic carbocycles. The summed E-state index contributed by atoms with van der Waals surface area (Å²) in [6.07, 6.45) is 1.69. The number of carbonyl (C=O) groups excluding carboxylic acids is 2. The molecule has 2 amide bonds. The number of hydrogen-bond donors (Lipinski definition) is 0. The summed E-state index contributed by atoms with van der Waals surface area (Å²) in [4.78, 5) is 26.7. The summed E-state index contributed by atoms with van der Waals surface area (Å²) in [6, 6.07) is 11.1. The lowest BCUT2D eigenvalue weighted by atomic mass is 10.1. The van der Waals surface area contributed by atoms with Crippen LogP contribution >= 0.6 is 43.6 Å². The number of methoxy groups -OCH3 is 1. The Morgan fingerprint density at radius 2 is 1.96 bits per heavy atom. The zero-order valence-electron chi connectivity index (χ0n) is 15.2. The summed E-state index contributed by atoms with van der Waals surface area (Å²) < 4.78 is 12.6. The molecule has 0 unspecified atom stereocenters. The quantitative estimate of drug-likeness (QED) is 0.441. The van der Waals surface area contributed by atoms with Crippen molar-refractivity contribution in [2.75, 3.05) is 13.7 Å². The van der Waals surface area contributed by atoms with E-state index in [1.807, 2.05) is 37.3 Å². The van der Waals surface area contributed by atoms with Crippen molar-refractivity contribution in [1.82, 2.24) is 4.90 Å². The molecule has 3 rings (SSSR count). The van der Waals surface area contributed by atoms with E-state index in [0.717, 1.165) is 27.4 Å². The minimum atomic E-state index is -0.307. The molecule has 0 aromatic heterocycles. The number of ether oxygens (including phenoxy) is 2. The van der Waals surface area contributed by atoms with Crippen LogP contribution in [0.4, 0.5) is 4.79 Å². The van der Waals surface area contributed by atoms with Gasteiger partial charge in [-0.25, -0.2) is 0 Å². The van der Waals surface area contributed by atoms with E-state index in [1.54, 1.807) is 19.3 Å². The number of halogens is 2. The molecule has 0 bridgehead atoms. The Balaban J connectivity index is 1.86. The Bertz CT molecular complexity index is 961. The van der Waals surface area contributed by atoms with Gasteiger partial charge in [0.25, 0.3) is 11.1 Å². The van der Waals surface area contributed by atoms with Crippen LogP contribution in [0.3, 0.4) is 0 Å². The minimum Gasteiger partial charge on any atom is -0.493 e. The molecular weight excluding hydrogens is 510 g/mol. The number of thioether (sulfide) groups is 1. The average molecular weight is 527 g/mol. The van der Waals surface area contributed by atoms with Crippen molar-refractivity contribution >= 4 is 60.8 Å². The third-order valence-corrected chi connectivity index (χ3v) is 5.93. The van der Waals surface area contributed by atoms with Crippen LogP contribution < -0.4 is 9.47 Å². The first-order valence-corrected chi connectivity index (χ1v) is 10.8. The Labute approximate surface area is 184 Å². The van der Waals surface area contributed by atoms with E-state index in [-0.39, 0.29) is 17.7 Å².